The number of aryl methyl sites for hydroxylation is 1. The smallest absolute Gasteiger partial charge is 0.406 e. The molecule has 2 heterocycles. The summed E-state index contributed by atoms with van der Waals surface area (Å²) in [5.41, 5.74) is 1.03. The lowest BCUT2D eigenvalue weighted by molar-refractivity contribution is -0.274. The number of halogens is 3. The highest BCUT2D eigenvalue weighted by Crippen LogP contribution is 2.25. The maximum absolute atomic E-state index is 12.2. The van der Waals surface area contributed by atoms with Gasteiger partial charge >= 0.3 is 6.36 Å². The molecule has 0 fully saturated rings. The first-order valence-corrected chi connectivity index (χ1v) is 8.34. The molecule has 1 aromatic carbocycles. The molecule has 3 rings (SSSR count). The van der Waals surface area contributed by atoms with Crippen LogP contribution in [0.3, 0.4) is 0 Å². The molecule has 1 amide bonds. The van der Waals surface area contributed by atoms with E-state index in [2.05, 4.69) is 20.2 Å². The van der Waals surface area contributed by atoms with Gasteiger partial charge in [0, 0.05) is 35.5 Å². The third-order valence-electron chi connectivity index (χ3n) is 3.16. The van der Waals surface area contributed by atoms with Gasteiger partial charge in [0.1, 0.15) is 5.75 Å². The van der Waals surface area contributed by atoms with Crippen LogP contribution >= 0.6 is 11.3 Å². The van der Waals surface area contributed by atoms with Crippen LogP contribution in [0.15, 0.2) is 45.6 Å². The number of nitrogens with one attached hydrogen (secondary N) is 1. The van der Waals surface area contributed by atoms with E-state index in [1.807, 2.05) is 16.8 Å². The van der Waals surface area contributed by atoms with Crippen molar-refractivity contribution in [3.05, 3.63) is 47.0 Å². The van der Waals surface area contributed by atoms with Crippen molar-refractivity contribution < 1.29 is 27.2 Å². The third kappa shape index (κ3) is 5.06. The standard InChI is InChI=1S/C16H12F3N3O3S/c17-16(18,19)24-12-3-1-2-11(8-12)20-13(23)4-5-14-21-15(22-25-14)10-6-7-26-9-10/h1-3,6-9H,4-5H2,(H,20,23). The number of carbonyl (C=O) groups is 1. The Morgan fingerprint density at radius 3 is 2.88 bits per heavy atom. The fourth-order valence-corrected chi connectivity index (χ4v) is 2.71. The summed E-state index contributed by atoms with van der Waals surface area (Å²) in [6.07, 6.45) is -4.54. The van der Waals surface area contributed by atoms with Crippen molar-refractivity contribution in [3.8, 4) is 17.1 Å². The van der Waals surface area contributed by atoms with Crippen molar-refractivity contribution in [2.75, 3.05) is 5.32 Å². The molecule has 1 N–H and O–H groups in total. The Labute approximate surface area is 149 Å². The van der Waals surface area contributed by atoms with Gasteiger partial charge in [0.2, 0.25) is 17.6 Å². The van der Waals surface area contributed by atoms with Crippen molar-refractivity contribution in [2.45, 2.75) is 19.2 Å². The number of benzene rings is 1. The molecule has 3 aromatic rings. The summed E-state index contributed by atoms with van der Waals surface area (Å²) in [6.45, 7) is 0. The highest BCUT2D eigenvalue weighted by molar-refractivity contribution is 7.08. The number of hydrogen-bond donors (Lipinski definition) is 1. The van der Waals surface area contributed by atoms with Crippen LogP contribution in [-0.4, -0.2) is 22.4 Å². The fraction of sp³-hybridized carbons (Fsp3) is 0.188. The SMILES string of the molecule is O=C(CCc1nc(-c2ccsc2)no1)Nc1cccc(OC(F)(F)F)c1. The summed E-state index contributed by atoms with van der Waals surface area (Å²) in [5, 5.41) is 10.1. The van der Waals surface area contributed by atoms with Gasteiger partial charge < -0.3 is 14.6 Å². The number of alkyl halides is 3. The first kappa shape index (κ1) is 17.9. The summed E-state index contributed by atoms with van der Waals surface area (Å²) in [6, 6.07) is 6.90. The molecule has 0 aliphatic rings. The number of rotatable bonds is 6. The minimum atomic E-state index is -4.79. The Morgan fingerprint density at radius 1 is 1.31 bits per heavy atom. The van der Waals surface area contributed by atoms with Gasteiger partial charge in [-0.25, -0.2) is 0 Å². The van der Waals surface area contributed by atoms with E-state index in [1.165, 1.54) is 23.5 Å². The Bertz CT molecular complexity index is 878. The Morgan fingerprint density at radius 2 is 2.15 bits per heavy atom. The van der Waals surface area contributed by atoms with Gasteiger partial charge in [0.25, 0.3) is 0 Å². The van der Waals surface area contributed by atoms with Crippen LogP contribution in [0.2, 0.25) is 0 Å². The van der Waals surface area contributed by atoms with Crippen molar-refractivity contribution >= 4 is 22.9 Å². The fourth-order valence-electron chi connectivity index (χ4n) is 2.08. The lowest BCUT2D eigenvalue weighted by atomic mass is 10.2. The van der Waals surface area contributed by atoms with Gasteiger partial charge in [0.15, 0.2) is 0 Å². The van der Waals surface area contributed by atoms with E-state index in [-0.39, 0.29) is 18.5 Å². The predicted octanol–water partition coefficient (Wildman–Crippen LogP) is 4.27. The largest absolute Gasteiger partial charge is 0.573 e. The average Bonchev–Trinajstić information content (AvgIpc) is 3.23. The van der Waals surface area contributed by atoms with Crippen molar-refractivity contribution in [1.82, 2.24) is 10.1 Å². The molecular weight excluding hydrogens is 371 g/mol. The van der Waals surface area contributed by atoms with Crippen LogP contribution in [0, 0.1) is 0 Å². The molecule has 26 heavy (non-hydrogen) atoms. The van der Waals surface area contributed by atoms with Crippen LogP contribution in [0.5, 0.6) is 5.75 Å². The molecular formula is C16H12F3N3O3S. The number of ether oxygens (including phenoxy) is 1. The number of aromatic nitrogens is 2. The van der Waals surface area contributed by atoms with E-state index in [0.717, 1.165) is 17.7 Å². The number of hydrogen-bond acceptors (Lipinski definition) is 6. The molecule has 0 atom stereocenters. The van der Waals surface area contributed by atoms with Crippen LogP contribution in [0.25, 0.3) is 11.4 Å². The summed E-state index contributed by atoms with van der Waals surface area (Å²) in [7, 11) is 0. The third-order valence-corrected chi connectivity index (χ3v) is 3.85. The quantitative estimate of drug-likeness (QED) is 0.688. The maximum atomic E-state index is 12.2. The lowest BCUT2D eigenvalue weighted by Crippen LogP contribution is -2.17. The minimum Gasteiger partial charge on any atom is -0.406 e. The molecule has 10 heteroatoms. The zero-order chi connectivity index (χ0) is 18.6. The van der Waals surface area contributed by atoms with Gasteiger partial charge in [-0.05, 0) is 23.6 Å². The van der Waals surface area contributed by atoms with Crippen molar-refractivity contribution in [2.24, 2.45) is 0 Å². The van der Waals surface area contributed by atoms with Crippen molar-refractivity contribution in [3.63, 3.8) is 0 Å². The number of amides is 1. The summed E-state index contributed by atoms with van der Waals surface area (Å²) in [5.74, 6) is -0.0637. The Kier molecular flexibility index (Phi) is 5.21. The monoisotopic (exact) mass is 383 g/mol. The summed E-state index contributed by atoms with van der Waals surface area (Å²) >= 11 is 1.50. The molecule has 0 unspecified atom stereocenters. The topological polar surface area (TPSA) is 77.2 Å². The van der Waals surface area contributed by atoms with E-state index in [0.29, 0.717) is 11.7 Å². The van der Waals surface area contributed by atoms with Gasteiger partial charge in [-0.1, -0.05) is 11.2 Å². The van der Waals surface area contributed by atoms with E-state index in [9.17, 15) is 18.0 Å². The van der Waals surface area contributed by atoms with Crippen LogP contribution in [-0.2, 0) is 11.2 Å². The van der Waals surface area contributed by atoms with Crippen molar-refractivity contribution in [1.29, 1.82) is 0 Å². The normalized spacial score (nSPS) is 11.3. The van der Waals surface area contributed by atoms with E-state index in [4.69, 9.17) is 4.52 Å². The highest BCUT2D eigenvalue weighted by atomic mass is 32.1. The molecule has 2 aromatic heterocycles. The predicted molar refractivity (Wildman–Crippen MR) is 87.7 cm³/mol. The van der Waals surface area contributed by atoms with E-state index < -0.39 is 18.0 Å². The number of anilines is 1. The average molecular weight is 383 g/mol. The van der Waals surface area contributed by atoms with Crippen LogP contribution in [0.1, 0.15) is 12.3 Å². The second-order valence-electron chi connectivity index (χ2n) is 5.15. The van der Waals surface area contributed by atoms with Gasteiger partial charge in [-0.3, -0.25) is 4.79 Å². The molecule has 0 aliphatic heterocycles. The molecule has 0 spiro atoms. The summed E-state index contributed by atoms with van der Waals surface area (Å²) < 4.78 is 45.5. The van der Waals surface area contributed by atoms with Crippen LogP contribution < -0.4 is 10.1 Å². The van der Waals surface area contributed by atoms with Gasteiger partial charge in [0.05, 0.1) is 0 Å². The van der Waals surface area contributed by atoms with Crippen LogP contribution in [0.4, 0.5) is 18.9 Å². The first-order valence-electron chi connectivity index (χ1n) is 7.40. The number of carbonyl (C=O) groups excluding carboxylic acids is 1. The second kappa shape index (κ2) is 7.56. The number of nitrogens with zero attached hydrogens (tertiary/aromatic N) is 2. The second-order valence-corrected chi connectivity index (χ2v) is 5.93. The molecule has 0 aliphatic carbocycles. The minimum absolute atomic E-state index is 0.0373. The zero-order valence-electron chi connectivity index (χ0n) is 13.1. The molecule has 0 saturated carbocycles. The zero-order valence-corrected chi connectivity index (χ0v) is 13.9. The van der Waals surface area contributed by atoms with Gasteiger partial charge in [-0.2, -0.15) is 16.3 Å². The van der Waals surface area contributed by atoms with Gasteiger partial charge in [-0.15, -0.1) is 13.2 Å². The summed E-state index contributed by atoms with van der Waals surface area (Å²) in [4.78, 5) is 16.1. The van der Waals surface area contributed by atoms with E-state index in [1.54, 1.807) is 0 Å². The van der Waals surface area contributed by atoms with E-state index >= 15 is 0 Å². The lowest BCUT2D eigenvalue weighted by Gasteiger charge is -2.10. The number of thiophene rings is 1. The molecule has 0 saturated heterocycles. The maximum Gasteiger partial charge on any atom is 0.573 e. The first-order chi connectivity index (χ1) is 12.4. The Balaban J connectivity index is 1.54. The Hall–Kier alpha value is -2.88. The molecule has 136 valence electrons. The molecule has 0 radical (unpaired) electrons. The molecule has 0 bridgehead atoms. The highest BCUT2D eigenvalue weighted by Gasteiger charge is 2.31. The molecule has 6 nitrogen and oxygen atoms in total.